The van der Waals surface area contributed by atoms with Gasteiger partial charge in [-0.1, -0.05) is 15.9 Å². The Labute approximate surface area is 84.1 Å². The van der Waals surface area contributed by atoms with E-state index in [4.69, 9.17) is 5.73 Å². The lowest BCUT2D eigenvalue weighted by atomic mass is 10.1. The van der Waals surface area contributed by atoms with Crippen LogP contribution in [-0.2, 0) is 0 Å². The van der Waals surface area contributed by atoms with E-state index in [-0.39, 0.29) is 16.7 Å². The summed E-state index contributed by atoms with van der Waals surface area (Å²) in [5.74, 6) is -0.840. The van der Waals surface area contributed by atoms with Crippen LogP contribution in [0, 0.1) is 12.7 Å². The predicted molar refractivity (Wildman–Crippen MR) is 53.7 cm³/mol. The average Bonchev–Trinajstić information content (AvgIpc) is 2.10. The van der Waals surface area contributed by atoms with Gasteiger partial charge in [-0.3, -0.25) is 4.79 Å². The lowest BCUT2D eigenvalue weighted by Crippen LogP contribution is -2.05. The van der Waals surface area contributed by atoms with Gasteiger partial charge in [-0.2, -0.15) is 0 Å². The summed E-state index contributed by atoms with van der Waals surface area (Å²) in [5, 5.41) is 0.118. The van der Waals surface area contributed by atoms with Gasteiger partial charge < -0.3 is 5.73 Å². The van der Waals surface area contributed by atoms with Crippen molar-refractivity contribution in [1.82, 2.24) is 0 Å². The summed E-state index contributed by atoms with van der Waals surface area (Å²) in [5.41, 5.74) is 6.63. The SMILES string of the molecule is Cc1cc(C(=O)CBr)c(F)cc1N. The van der Waals surface area contributed by atoms with Crippen LogP contribution in [0.4, 0.5) is 10.1 Å². The molecule has 0 atom stereocenters. The Morgan fingerprint density at radius 3 is 2.77 bits per heavy atom. The molecule has 0 spiro atoms. The van der Waals surface area contributed by atoms with Crippen LogP contribution in [0.15, 0.2) is 12.1 Å². The summed E-state index contributed by atoms with van der Waals surface area (Å²) in [7, 11) is 0. The third-order valence-electron chi connectivity index (χ3n) is 1.78. The molecule has 1 aromatic carbocycles. The average molecular weight is 246 g/mol. The largest absolute Gasteiger partial charge is 0.398 e. The third kappa shape index (κ3) is 2.06. The van der Waals surface area contributed by atoms with Crippen LogP contribution in [0.3, 0.4) is 0 Å². The van der Waals surface area contributed by atoms with E-state index >= 15 is 0 Å². The molecule has 0 radical (unpaired) electrons. The van der Waals surface area contributed by atoms with E-state index in [2.05, 4.69) is 15.9 Å². The summed E-state index contributed by atoms with van der Waals surface area (Å²) in [6.07, 6.45) is 0. The summed E-state index contributed by atoms with van der Waals surface area (Å²) >= 11 is 2.98. The molecule has 1 rings (SSSR count). The number of carbonyl (C=O) groups is 1. The highest BCUT2D eigenvalue weighted by atomic mass is 79.9. The molecule has 0 bridgehead atoms. The molecule has 0 heterocycles. The van der Waals surface area contributed by atoms with Crippen molar-refractivity contribution in [2.24, 2.45) is 0 Å². The predicted octanol–water partition coefficient (Wildman–Crippen LogP) is 2.29. The first-order valence-electron chi connectivity index (χ1n) is 3.71. The van der Waals surface area contributed by atoms with E-state index in [1.54, 1.807) is 6.92 Å². The van der Waals surface area contributed by atoms with Gasteiger partial charge in [0.25, 0.3) is 0 Å². The van der Waals surface area contributed by atoms with E-state index in [0.717, 1.165) is 0 Å². The van der Waals surface area contributed by atoms with Gasteiger partial charge in [0.05, 0.1) is 10.9 Å². The Morgan fingerprint density at radius 1 is 1.62 bits per heavy atom. The van der Waals surface area contributed by atoms with Crippen LogP contribution in [-0.4, -0.2) is 11.1 Å². The maximum Gasteiger partial charge on any atom is 0.176 e. The van der Waals surface area contributed by atoms with Crippen LogP contribution >= 0.6 is 15.9 Å². The number of hydrogen-bond donors (Lipinski definition) is 1. The molecule has 0 aliphatic rings. The van der Waals surface area contributed by atoms with Gasteiger partial charge in [0, 0.05) is 5.69 Å². The van der Waals surface area contributed by atoms with Crippen molar-refractivity contribution in [2.45, 2.75) is 6.92 Å². The smallest absolute Gasteiger partial charge is 0.176 e. The molecular formula is C9H9BrFNO. The maximum atomic E-state index is 13.1. The number of Topliss-reactive ketones (excluding diaryl/α,β-unsaturated/α-hetero) is 1. The molecule has 13 heavy (non-hydrogen) atoms. The molecular weight excluding hydrogens is 237 g/mol. The number of anilines is 1. The van der Waals surface area contributed by atoms with Gasteiger partial charge in [0.2, 0.25) is 0 Å². The summed E-state index contributed by atoms with van der Waals surface area (Å²) in [6, 6.07) is 2.64. The Kier molecular flexibility index (Phi) is 3.03. The number of hydrogen-bond acceptors (Lipinski definition) is 2. The molecule has 0 amide bonds. The fourth-order valence-electron chi connectivity index (χ4n) is 0.983. The number of carbonyl (C=O) groups excluding carboxylic acids is 1. The van der Waals surface area contributed by atoms with Gasteiger partial charge >= 0.3 is 0 Å². The number of nitrogens with two attached hydrogens (primary N) is 1. The van der Waals surface area contributed by atoms with Gasteiger partial charge in [-0.15, -0.1) is 0 Å². The highest BCUT2D eigenvalue weighted by Crippen LogP contribution is 2.17. The number of nitrogen functional groups attached to an aromatic ring is 1. The Hall–Kier alpha value is -0.900. The molecule has 0 saturated heterocycles. The molecule has 4 heteroatoms. The quantitative estimate of drug-likeness (QED) is 0.494. The van der Waals surface area contributed by atoms with Gasteiger partial charge in [-0.25, -0.2) is 4.39 Å². The monoisotopic (exact) mass is 245 g/mol. The van der Waals surface area contributed by atoms with Crippen molar-refractivity contribution in [1.29, 1.82) is 0 Å². The number of halogens is 2. The second kappa shape index (κ2) is 3.87. The van der Waals surface area contributed by atoms with Crippen molar-refractivity contribution >= 4 is 27.4 Å². The number of benzene rings is 1. The minimum absolute atomic E-state index is 0.0866. The third-order valence-corrected chi connectivity index (χ3v) is 2.29. The van der Waals surface area contributed by atoms with Gasteiger partial charge in [0.1, 0.15) is 5.82 Å². The molecule has 0 fully saturated rings. The fraction of sp³-hybridized carbons (Fsp3) is 0.222. The second-order valence-corrected chi connectivity index (χ2v) is 3.31. The summed E-state index contributed by atoms with van der Waals surface area (Å²) < 4.78 is 13.1. The Balaban J connectivity index is 3.23. The molecule has 1 aromatic rings. The van der Waals surface area contributed by atoms with E-state index in [0.29, 0.717) is 11.3 Å². The lowest BCUT2D eigenvalue weighted by molar-refractivity contribution is 0.102. The van der Waals surface area contributed by atoms with Crippen molar-refractivity contribution < 1.29 is 9.18 Å². The second-order valence-electron chi connectivity index (χ2n) is 2.75. The number of rotatable bonds is 2. The van der Waals surface area contributed by atoms with Crippen LogP contribution in [0.25, 0.3) is 0 Å². The first-order valence-corrected chi connectivity index (χ1v) is 4.83. The first kappa shape index (κ1) is 10.2. The zero-order chi connectivity index (χ0) is 10.0. The lowest BCUT2D eigenvalue weighted by Gasteiger charge is -2.04. The molecule has 0 aliphatic heterocycles. The standard InChI is InChI=1S/C9H9BrFNO/c1-5-2-6(9(13)4-10)7(11)3-8(5)12/h2-3H,4,12H2,1H3. The van der Waals surface area contributed by atoms with Crippen LogP contribution in [0.2, 0.25) is 0 Å². The van der Waals surface area contributed by atoms with Crippen LogP contribution < -0.4 is 5.73 Å². The minimum Gasteiger partial charge on any atom is -0.398 e. The zero-order valence-corrected chi connectivity index (χ0v) is 8.69. The molecule has 0 aromatic heterocycles. The van der Waals surface area contributed by atoms with Crippen molar-refractivity contribution in [3.05, 3.63) is 29.1 Å². The number of ketones is 1. The Bertz CT molecular complexity index is 352. The topological polar surface area (TPSA) is 43.1 Å². The molecule has 2 N–H and O–H groups in total. The number of alkyl halides is 1. The highest BCUT2D eigenvalue weighted by molar-refractivity contribution is 9.09. The van der Waals surface area contributed by atoms with Crippen molar-refractivity contribution in [3.63, 3.8) is 0 Å². The first-order chi connectivity index (χ1) is 6.06. The zero-order valence-electron chi connectivity index (χ0n) is 7.10. The molecule has 2 nitrogen and oxygen atoms in total. The van der Waals surface area contributed by atoms with Crippen LogP contribution in [0.1, 0.15) is 15.9 Å². The van der Waals surface area contributed by atoms with Gasteiger partial charge in [0.15, 0.2) is 5.78 Å². The van der Waals surface area contributed by atoms with E-state index in [9.17, 15) is 9.18 Å². The molecule has 0 unspecified atom stereocenters. The summed E-state index contributed by atoms with van der Waals surface area (Å²) in [6.45, 7) is 1.74. The fourth-order valence-corrected chi connectivity index (χ4v) is 1.28. The van der Waals surface area contributed by atoms with Crippen molar-refractivity contribution in [3.8, 4) is 0 Å². The maximum absolute atomic E-state index is 13.1. The van der Waals surface area contributed by atoms with E-state index in [1.165, 1.54) is 12.1 Å². The van der Waals surface area contributed by atoms with Crippen molar-refractivity contribution in [2.75, 3.05) is 11.1 Å². The Morgan fingerprint density at radius 2 is 2.23 bits per heavy atom. The summed E-state index contributed by atoms with van der Waals surface area (Å²) in [4.78, 5) is 11.2. The van der Waals surface area contributed by atoms with Crippen LogP contribution in [0.5, 0.6) is 0 Å². The van der Waals surface area contributed by atoms with Gasteiger partial charge in [-0.05, 0) is 24.6 Å². The number of aryl methyl sites for hydroxylation is 1. The normalized spacial score (nSPS) is 10.1. The van der Waals surface area contributed by atoms with E-state index in [1.807, 2.05) is 0 Å². The molecule has 0 saturated carbocycles. The minimum atomic E-state index is -0.562. The molecule has 70 valence electrons. The highest BCUT2D eigenvalue weighted by Gasteiger charge is 2.11. The van der Waals surface area contributed by atoms with E-state index < -0.39 is 5.82 Å². The molecule has 0 aliphatic carbocycles.